The highest BCUT2D eigenvalue weighted by Gasteiger charge is 2.22. The van der Waals surface area contributed by atoms with Crippen molar-refractivity contribution < 1.29 is 4.39 Å². The molecule has 7 nitrogen and oxygen atoms in total. The van der Waals surface area contributed by atoms with E-state index in [2.05, 4.69) is 4.98 Å². The smallest absolute Gasteiger partial charge is 0.283 e. The maximum absolute atomic E-state index is 13.3. The molecule has 4 rings (SSSR count). The Morgan fingerprint density at radius 3 is 2.24 bits per heavy atom. The Morgan fingerprint density at radius 1 is 0.960 bits per heavy atom. The quantitative estimate of drug-likeness (QED) is 0.526. The van der Waals surface area contributed by atoms with Crippen molar-refractivity contribution in [2.24, 2.45) is 14.1 Å². The topological polar surface area (TPSA) is 66.2 Å². The molecule has 3 aromatic heterocycles. The second kappa shape index (κ2) is 4.92. The molecule has 0 amide bonds. The molecule has 4 aromatic rings. The lowest BCUT2D eigenvalue weighted by molar-refractivity contribution is 0.627. The molecular formula is C17H16FN5O2. The van der Waals surface area contributed by atoms with Crippen LogP contribution in [0.2, 0.25) is 0 Å². The Kier molecular flexibility index (Phi) is 3.02. The minimum absolute atomic E-state index is 0.321. The highest BCUT2D eigenvalue weighted by molar-refractivity contribution is 5.77. The van der Waals surface area contributed by atoms with Gasteiger partial charge in [-0.05, 0) is 38.1 Å². The first kappa shape index (κ1) is 15.4. The van der Waals surface area contributed by atoms with Gasteiger partial charge in [0.15, 0.2) is 11.2 Å². The lowest BCUT2D eigenvalue weighted by Crippen LogP contribution is -2.37. The van der Waals surface area contributed by atoms with Crippen LogP contribution in [0.4, 0.5) is 4.39 Å². The van der Waals surface area contributed by atoms with Crippen LogP contribution in [0, 0.1) is 19.7 Å². The fourth-order valence-electron chi connectivity index (χ4n) is 3.22. The fourth-order valence-corrected chi connectivity index (χ4v) is 3.22. The van der Waals surface area contributed by atoms with Crippen LogP contribution in [0.5, 0.6) is 0 Å². The van der Waals surface area contributed by atoms with Crippen molar-refractivity contribution in [1.29, 1.82) is 0 Å². The van der Waals surface area contributed by atoms with Gasteiger partial charge in [0.1, 0.15) is 5.82 Å². The summed E-state index contributed by atoms with van der Waals surface area (Å²) in [6.07, 6.45) is 0. The summed E-state index contributed by atoms with van der Waals surface area (Å²) >= 11 is 0. The number of imidazole rings is 2. The normalized spacial score (nSPS) is 11.7. The van der Waals surface area contributed by atoms with Gasteiger partial charge in [-0.2, -0.15) is 4.98 Å². The van der Waals surface area contributed by atoms with Crippen molar-refractivity contribution in [2.45, 2.75) is 13.8 Å². The predicted molar refractivity (Wildman–Crippen MR) is 91.9 cm³/mol. The molecule has 0 aliphatic carbocycles. The third kappa shape index (κ3) is 1.87. The number of halogens is 1. The van der Waals surface area contributed by atoms with E-state index in [4.69, 9.17) is 0 Å². The van der Waals surface area contributed by atoms with E-state index in [0.29, 0.717) is 16.9 Å². The first-order chi connectivity index (χ1) is 11.8. The maximum Gasteiger partial charge on any atom is 0.332 e. The molecule has 25 heavy (non-hydrogen) atoms. The van der Waals surface area contributed by atoms with Gasteiger partial charge in [0.2, 0.25) is 5.78 Å². The number of benzene rings is 1. The first-order valence-electron chi connectivity index (χ1n) is 7.75. The van der Waals surface area contributed by atoms with Gasteiger partial charge in [0, 0.05) is 31.2 Å². The van der Waals surface area contributed by atoms with E-state index < -0.39 is 11.2 Å². The van der Waals surface area contributed by atoms with Gasteiger partial charge >= 0.3 is 5.69 Å². The van der Waals surface area contributed by atoms with Crippen molar-refractivity contribution in [3.8, 4) is 5.69 Å². The monoisotopic (exact) mass is 341 g/mol. The maximum atomic E-state index is 13.3. The van der Waals surface area contributed by atoms with Crippen molar-refractivity contribution in [2.75, 3.05) is 0 Å². The van der Waals surface area contributed by atoms with E-state index in [1.807, 2.05) is 18.4 Å². The highest BCUT2D eigenvalue weighted by Crippen LogP contribution is 2.24. The van der Waals surface area contributed by atoms with E-state index in [-0.39, 0.29) is 5.82 Å². The summed E-state index contributed by atoms with van der Waals surface area (Å²) in [4.78, 5) is 29.4. The number of hydrogen-bond acceptors (Lipinski definition) is 3. The molecule has 0 radical (unpaired) electrons. The molecule has 0 atom stereocenters. The van der Waals surface area contributed by atoms with Crippen LogP contribution in [-0.2, 0) is 14.1 Å². The Morgan fingerprint density at radius 2 is 1.60 bits per heavy atom. The van der Waals surface area contributed by atoms with Gasteiger partial charge in [-0.1, -0.05) is 0 Å². The summed E-state index contributed by atoms with van der Waals surface area (Å²) in [6, 6.07) is 6.05. The van der Waals surface area contributed by atoms with Gasteiger partial charge in [-0.3, -0.25) is 22.9 Å². The number of fused-ring (bicyclic) bond motifs is 3. The number of aryl methyl sites for hydroxylation is 2. The summed E-state index contributed by atoms with van der Waals surface area (Å²) in [6.45, 7) is 3.79. The summed E-state index contributed by atoms with van der Waals surface area (Å²) < 4.78 is 19.3. The molecule has 0 aliphatic heterocycles. The van der Waals surface area contributed by atoms with Crippen LogP contribution >= 0.6 is 0 Å². The van der Waals surface area contributed by atoms with Crippen LogP contribution in [-0.4, -0.2) is 23.1 Å². The second-order valence-electron chi connectivity index (χ2n) is 6.11. The molecule has 128 valence electrons. The largest absolute Gasteiger partial charge is 0.332 e. The zero-order chi connectivity index (χ0) is 18.0. The molecule has 0 bridgehead atoms. The first-order valence-corrected chi connectivity index (χ1v) is 7.75. The Bertz CT molecular complexity index is 1270. The Hall–Kier alpha value is -3.16. The van der Waals surface area contributed by atoms with Crippen molar-refractivity contribution >= 4 is 16.9 Å². The summed E-state index contributed by atoms with van der Waals surface area (Å²) in [7, 11) is 3.03. The second-order valence-corrected chi connectivity index (χ2v) is 6.11. The third-order valence-electron chi connectivity index (χ3n) is 4.72. The lowest BCUT2D eigenvalue weighted by atomic mass is 10.3. The van der Waals surface area contributed by atoms with Crippen LogP contribution in [0.3, 0.4) is 0 Å². The standard InChI is InChI=1S/C17H16FN5O2/c1-9-10(2)23-13-14(20(3)17(25)21(4)15(13)24)19-16(23)22(9)12-7-5-11(18)6-8-12/h5-8H,1-4H3. The molecular weight excluding hydrogens is 325 g/mol. The Balaban J connectivity index is 2.24. The molecule has 1 aromatic carbocycles. The molecule has 0 spiro atoms. The van der Waals surface area contributed by atoms with E-state index in [1.165, 1.54) is 23.7 Å². The molecule has 0 aliphatic rings. The average molecular weight is 341 g/mol. The van der Waals surface area contributed by atoms with Crippen LogP contribution in [0.15, 0.2) is 33.9 Å². The van der Waals surface area contributed by atoms with Crippen LogP contribution in [0.25, 0.3) is 22.6 Å². The van der Waals surface area contributed by atoms with Gasteiger partial charge in [-0.25, -0.2) is 9.18 Å². The van der Waals surface area contributed by atoms with Crippen LogP contribution < -0.4 is 11.2 Å². The number of aromatic nitrogens is 5. The molecule has 0 saturated carbocycles. The van der Waals surface area contributed by atoms with Crippen molar-refractivity contribution in [1.82, 2.24) is 23.1 Å². The SMILES string of the molecule is Cc1c(C)n2c3c(=O)n(C)c(=O)n(C)c3nc2n1-c1ccc(F)cc1. The molecule has 0 unspecified atom stereocenters. The van der Waals surface area contributed by atoms with Gasteiger partial charge in [-0.15, -0.1) is 0 Å². The van der Waals surface area contributed by atoms with E-state index in [0.717, 1.165) is 21.6 Å². The highest BCUT2D eigenvalue weighted by atomic mass is 19.1. The van der Waals surface area contributed by atoms with Gasteiger partial charge < -0.3 is 0 Å². The molecule has 8 heteroatoms. The minimum Gasteiger partial charge on any atom is -0.283 e. The Labute approximate surface area is 141 Å². The zero-order valence-corrected chi connectivity index (χ0v) is 14.2. The fraction of sp³-hybridized carbons (Fsp3) is 0.235. The average Bonchev–Trinajstić information content (AvgIpc) is 3.09. The zero-order valence-electron chi connectivity index (χ0n) is 14.2. The van der Waals surface area contributed by atoms with Crippen LogP contribution in [0.1, 0.15) is 11.4 Å². The summed E-state index contributed by atoms with van der Waals surface area (Å²) in [5.41, 5.74) is 2.28. The number of nitrogens with zero attached hydrogens (tertiary/aromatic N) is 5. The summed E-state index contributed by atoms with van der Waals surface area (Å²) in [5, 5.41) is 0. The van der Waals surface area contributed by atoms with Gasteiger partial charge in [0.05, 0.1) is 0 Å². The molecule has 3 heterocycles. The van der Waals surface area contributed by atoms with E-state index in [9.17, 15) is 14.0 Å². The van der Waals surface area contributed by atoms with E-state index in [1.54, 1.807) is 23.6 Å². The number of hydrogen-bond donors (Lipinski definition) is 0. The predicted octanol–water partition coefficient (Wildman–Crippen LogP) is 1.43. The lowest BCUT2D eigenvalue weighted by Gasteiger charge is -2.06. The van der Waals surface area contributed by atoms with Crippen molar-refractivity contribution in [3.05, 3.63) is 62.3 Å². The van der Waals surface area contributed by atoms with Crippen molar-refractivity contribution in [3.63, 3.8) is 0 Å². The summed E-state index contributed by atoms with van der Waals surface area (Å²) in [5.74, 6) is 0.181. The minimum atomic E-state index is -0.430. The molecule has 0 saturated heterocycles. The van der Waals surface area contributed by atoms with Gasteiger partial charge in [0.25, 0.3) is 5.56 Å². The third-order valence-corrected chi connectivity index (χ3v) is 4.72. The molecule has 0 fully saturated rings. The molecule has 0 N–H and O–H groups in total. The number of rotatable bonds is 1. The van der Waals surface area contributed by atoms with E-state index >= 15 is 0 Å².